The number of urea groups is 1. The first-order valence-electron chi connectivity index (χ1n) is 8.85. The van der Waals surface area contributed by atoms with Gasteiger partial charge in [0.15, 0.2) is 5.69 Å². The van der Waals surface area contributed by atoms with Crippen molar-refractivity contribution < 1.29 is 14.7 Å². The summed E-state index contributed by atoms with van der Waals surface area (Å²) in [5.74, 6) is -1.11. The number of carboxylic acids is 1. The monoisotopic (exact) mass is 370 g/mol. The molecule has 144 valence electrons. The maximum atomic E-state index is 13.2. The molecule has 0 aliphatic carbocycles. The highest BCUT2D eigenvalue weighted by atomic mass is 16.4. The van der Waals surface area contributed by atoms with Crippen LogP contribution in [0.1, 0.15) is 56.4 Å². The Morgan fingerprint density at radius 3 is 2.33 bits per heavy atom. The molecular formula is C20H26N4O3. The van der Waals surface area contributed by atoms with Crippen LogP contribution < -0.4 is 4.90 Å². The SMILES string of the molecule is CN(C)C(=O)N1c2c(cccc2C(C)(C)C)-n2cnc(C(=O)O)c2C1(C)C. The molecular weight excluding hydrogens is 344 g/mol. The Kier molecular flexibility index (Phi) is 4.10. The molecule has 0 radical (unpaired) electrons. The van der Waals surface area contributed by atoms with Crippen molar-refractivity contribution in [1.82, 2.24) is 14.5 Å². The molecule has 0 unspecified atom stereocenters. The number of hydrogen-bond donors (Lipinski definition) is 1. The molecule has 1 aromatic heterocycles. The highest BCUT2D eigenvalue weighted by molar-refractivity contribution is 5.99. The van der Waals surface area contributed by atoms with E-state index in [-0.39, 0.29) is 17.1 Å². The molecule has 0 spiro atoms. The van der Waals surface area contributed by atoms with Gasteiger partial charge in [0.1, 0.15) is 6.33 Å². The standard InChI is InChI=1S/C20H26N4O3/c1-19(2,3)12-9-8-10-13-15(12)24(18(27)22(6)7)20(4,5)16-14(17(25)26)21-11-23(13)16/h8-11H,1-7H3,(H,25,26). The maximum absolute atomic E-state index is 13.2. The Hall–Kier alpha value is -2.83. The van der Waals surface area contributed by atoms with E-state index in [4.69, 9.17) is 0 Å². The zero-order valence-electron chi connectivity index (χ0n) is 16.9. The third kappa shape index (κ3) is 2.69. The number of aromatic carboxylic acids is 1. The van der Waals surface area contributed by atoms with Gasteiger partial charge in [-0.2, -0.15) is 0 Å². The number of amides is 2. The fourth-order valence-corrected chi connectivity index (χ4v) is 3.76. The van der Waals surface area contributed by atoms with Crippen molar-refractivity contribution in [3.05, 3.63) is 41.5 Å². The molecule has 0 saturated carbocycles. The number of carboxylic acid groups (broad SMARTS) is 1. The summed E-state index contributed by atoms with van der Waals surface area (Å²) < 4.78 is 1.80. The molecule has 0 bridgehead atoms. The second-order valence-corrected chi connectivity index (χ2v) is 8.61. The molecule has 2 heterocycles. The summed E-state index contributed by atoms with van der Waals surface area (Å²) in [7, 11) is 3.39. The van der Waals surface area contributed by atoms with E-state index in [9.17, 15) is 14.7 Å². The fourth-order valence-electron chi connectivity index (χ4n) is 3.76. The lowest BCUT2D eigenvalue weighted by Crippen LogP contribution is -2.54. The number of carbonyl (C=O) groups is 2. The quantitative estimate of drug-likeness (QED) is 0.832. The number of rotatable bonds is 1. The van der Waals surface area contributed by atoms with Gasteiger partial charge in [-0.05, 0) is 30.9 Å². The van der Waals surface area contributed by atoms with E-state index in [0.29, 0.717) is 5.69 Å². The van der Waals surface area contributed by atoms with Crippen LogP contribution in [0.25, 0.3) is 5.69 Å². The molecule has 1 aliphatic heterocycles. The fraction of sp³-hybridized carbons (Fsp3) is 0.450. The summed E-state index contributed by atoms with van der Waals surface area (Å²) in [6.45, 7) is 10.0. The Labute approximate surface area is 159 Å². The summed E-state index contributed by atoms with van der Waals surface area (Å²) in [6.07, 6.45) is 1.53. The lowest BCUT2D eigenvalue weighted by molar-refractivity contribution is 0.0687. The molecule has 0 saturated heterocycles. The summed E-state index contributed by atoms with van der Waals surface area (Å²) in [5.41, 5.74) is 1.90. The van der Waals surface area contributed by atoms with Gasteiger partial charge in [-0.25, -0.2) is 14.6 Å². The molecule has 1 aliphatic rings. The van der Waals surface area contributed by atoms with Gasteiger partial charge in [0.25, 0.3) is 0 Å². The molecule has 0 fully saturated rings. The van der Waals surface area contributed by atoms with E-state index in [1.807, 2.05) is 32.0 Å². The first-order chi connectivity index (χ1) is 12.4. The second-order valence-electron chi connectivity index (χ2n) is 8.61. The van der Waals surface area contributed by atoms with Crippen LogP contribution in [0.3, 0.4) is 0 Å². The smallest absolute Gasteiger partial charge is 0.356 e. The molecule has 1 aromatic carbocycles. The van der Waals surface area contributed by atoms with Crippen LogP contribution in [0.15, 0.2) is 24.5 Å². The maximum Gasteiger partial charge on any atom is 0.356 e. The van der Waals surface area contributed by atoms with Gasteiger partial charge in [-0.15, -0.1) is 0 Å². The minimum absolute atomic E-state index is 0.0385. The van der Waals surface area contributed by atoms with Crippen LogP contribution in [-0.4, -0.2) is 45.7 Å². The van der Waals surface area contributed by atoms with Gasteiger partial charge >= 0.3 is 12.0 Å². The zero-order chi connectivity index (χ0) is 20.3. The van der Waals surface area contributed by atoms with Crippen LogP contribution in [0.4, 0.5) is 10.5 Å². The van der Waals surface area contributed by atoms with Gasteiger partial charge in [-0.3, -0.25) is 9.47 Å². The Morgan fingerprint density at radius 2 is 1.81 bits per heavy atom. The van der Waals surface area contributed by atoms with Crippen molar-refractivity contribution in [1.29, 1.82) is 0 Å². The molecule has 7 heteroatoms. The van der Waals surface area contributed by atoms with Crippen molar-refractivity contribution in [3.8, 4) is 5.69 Å². The highest BCUT2D eigenvalue weighted by Gasteiger charge is 2.47. The number of imidazole rings is 1. The molecule has 0 atom stereocenters. The Bertz CT molecular complexity index is 935. The molecule has 1 N–H and O–H groups in total. The largest absolute Gasteiger partial charge is 0.476 e. The van der Waals surface area contributed by atoms with Crippen LogP contribution in [-0.2, 0) is 11.0 Å². The number of nitrogens with zero attached hydrogens (tertiary/aromatic N) is 4. The molecule has 7 nitrogen and oxygen atoms in total. The molecule has 27 heavy (non-hydrogen) atoms. The van der Waals surface area contributed by atoms with Crippen LogP contribution in [0.5, 0.6) is 0 Å². The highest BCUT2D eigenvalue weighted by Crippen LogP contribution is 2.48. The normalized spacial score (nSPS) is 15.1. The minimum atomic E-state index is -1.11. The average molecular weight is 370 g/mol. The molecule has 2 aromatic rings. The molecule has 3 rings (SSSR count). The van der Waals surface area contributed by atoms with Crippen molar-refractivity contribution in [2.45, 2.75) is 45.6 Å². The van der Waals surface area contributed by atoms with Crippen molar-refractivity contribution in [2.24, 2.45) is 0 Å². The van der Waals surface area contributed by atoms with Crippen molar-refractivity contribution in [3.63, 3.8) is 0 Å². The van der Waals surface area contributed by atoms with E-state index in [1.54, 1.807) is 23.6 Å². The van der Waals surface area contributed by atoms with Gasteiger partial charge in [-0.1, -0.05) is 32.9 Å². The summed E-state index contributed by atoms with van der Waals surface area (Å²) >= 11 is 0. The number of carbonyl (C=O) groups excluding carboxylic acids is 1. The summed E-state index contributed by atoms with van der Waals surface area (Å²) in [5, 5.41) is 9.64. The first kappa shape index (κ1) is 18.9. The number of para-hydroxylation sites is 1. The third-order valence-corrected chi connectivity index (χ3v) is 4.99. The summed E-state index contributed by atoms with van der Waals surface area (Å²) in [4.78, 5) is 32.4. The number of anilines is 1. The molecule has 2 amide bonds. The second kappa shape index (κ2) is 5.84. The number of fused-ring (bicyclic) bond motifs is 3. The lowest BCUT2D eigenvalue weighted by atomic mass is 9.82. The predicted octanol–water partition coefficient (Wildman–Crippen LogP) is 3.60. The van der Waals surface area contributed by atoms with E-state index in [1.165, 1.54) is 11.2 Å². The predicted molar refractivity (Wildman–Crippen MR) is 104 cm³/mol. The topological polar surface area (TPSA) is 78.7 Å². The van der Waals surface area contributed by atoms with Gasteiger partial charge < -0.3 is 10.0 Å². The first-order valence-corrected chi connectivity index (χ1v) is 8.85. The van der Waals surface area contributed by atoms with Crippen LogP contribution in [0, 0.1) is 0 Å². The Morgan fingerprint density at radius 1 is 1.19 bits per heavy atom. The Balaban J connectivity index is 2.46. The van der Waals surface area contributed by atoms with Gasteiger partial charge in [0.2, 0.25) is 0 Å². The van der Waals surface area contributed by atoms with Gasteiger partial charge in [0, 0.05) is 14.1 Å². The number of aromatic nitrogens is 2. The summed E-state index contributed by atoms with van der Waals surface area (Å²) in [6, 6.07) is 5.64. The minimum Gasteiger partial charge on any atom is -0.476 e. The number of benzene rings is 1. The van der Waals surface area contributed by atoms with Crippen LogP contribution >= 0.6 is 0 Å². The van der Waals surface area contributed by atoms with Gasteiger partial charge in [0.05, 0.1) is 22.6 Å². The van der Waals surface area contributed by atoms with Crippen LogP contribution in [0.2, 0.25) is 0 Å². The zero-order valence-corrected chi connectivity index (χ0v) is 16.9. The number of hydrogen-bond acceptors (Lipinski definition) is 3. The van der Waals surface area contributed by atoms with E-state index in [0.717, 1.165) is 16.9 Å². The van der Waals surface area contributed by atoms with E-state index in [2.05, 4.69) is 25.8 Å². The van der Waals surface area contributed by atoms with E-state index >= 15 is 0 Å². The third-order valence-electron chi connectivity index (χ3n) is 4.99. The average Bonchev–Trinajstić information content (AvgIpc) is 2.99. The van der Waals surface area contributed by atoms with E-state index < -0.39 is 11.5 Å². The van der Waals surface area contributed by atoms with Crippen molar-refractivity contribution >= 4 is 17.7 Å². The van der Waals surface area contributed by atoms with Crippen molar-refractivity contribution in [2.75, 3.05) is 19.0 Å². The lowest BCUT2D eigenvalue weighted by Gasteiger charge is -2.46.